The molecule has 4 rings (SSSR count). The van der Waals surface area contributed by atoms with Crippen molar-refractivity contribution in [1.82, 2.24) is 4.90 Å². The van der Waals surface area contributed by atoms with Gasteiger partial charge in [0.15, 0.2) is 0 Å². The molecule has 1 amide bonds. The molecule has 1 fully saturated rings. The fraction of sp³-hybridized carbons (Fsp3) is 0.318. The first-order valence-corrected chi connectivity index (χ1v) is 9.68. The Hall–Kier alpha value is -3.19. The number of hydrogen-bond acceptors (Lipinski definition) is 5. The van der Waals surface area contributed by atoms with Crippen molar-refractivity contribution < 1.29 is 19.4 Å². The van der Waals surface area contributed by atoms with E-state index >= 15 is 0 Å². The van der Waals surface area contributed by atoms with E-state index in [4.69, 9.17) is 14.8 Å². The molecule has 7 nitrogen and oxygen atoms in total. The third-order valence-corrected chi connectivity index (χ3v) is 5.41. The Morgan fingerprint density at radius 1 is 1.17 bits per heavy atom. The number of amides is 1. The Balaban J connectivity index is 1.75. The van der Waals surface area contributed by atoms with Crippen LogP contribution in [0.1, 0.15) is 29.9 Å². The van der Waals surface area contributed by atoms with Gasteiger partial charge in [0.05, 0.1) is 11.8 Å². The molecule has 2 aromatic rings. The summed E-state index contributed by atoms with van der Waals surface area (Å²) < 4.78 is 4.80. The molecule has 2 aliphatic rings. The van der Waals surface area contributed by atoms with Crippen molar-refractivity contribution in [2.75, 3.05) is 25.5 Å². The second-order valence-electron chi connectivity index (χ2n) is 7.45. The van der Waals surface area contributed by atoms with Crippen LogP contribution in [0.3, 0.4) is 0 Å². The van der Waals surface area contributed by atoms with Gasteiger partial charge >= 0.3 is 6.16 Å². The first kappa shape index (κ1) is 19.1. The SMILES string of the molecule is CN1CCC(N=C(c2ccccc2)C2C(=O)Nc3ccc(OC(=O)O)cc32)CC1. The van der Waals surface area contributed by atoms with E-state index in [1.54, 1.807) is 12.1 Å². The molecule has 29 heavy (non-hydrogen) atoms. The number of anilines is 1. The average molecular weight is 393 g/mol. The zero-order valence-corrected chi connectivity index (χ0v) is 16.2. The van der Waals surface area contributed by atoms with E-state index in [2.05, 4.69) is 17.3 Å². The molecule has 150 valence electrons. The molecule has 1 atom stereocenters. The Labute approximate surface area is 169 Å². The maximum Gasteiger partial charge on any atom is 0.511 e. The van der Waals surface area contributed by atoms with Crippen molar-refractivity contribution in [1.29, 1.82) is 0 Å². The molecule has 2 aromatic carbocycles. The van der Waals surface area contributed by atoms with Crippen LogP contribution in [0, 0.1) is 0 Å². The van der Waals surface area contributed by atoms with Crippen LogP contribution in [-0.4, -0.2) is 54.0 Å². The van der Waals surface area contributed by atoms with E-state index in [1.165, 1.54) is 6.07 Å². The summed E-state index contributed by atoms with van der Waals surface area (Å²) in [5, 5.41) is 11.8. The van der Waals surface area contributed by atoms with E-state index in [0.717, 1.165) is 31.5 Å². The van der Waals surface area contributed by atoms with Gasteiger partial charge in [-0.25, -0.2) is 4.79 Å². The molecule has 0 aromatic heterocycles. The molecule has 1 unspecified atom stereocenters. The molecule has 0 saturated carbocycles. The number of nitrogens with zero attached hydrogens (tertiary/aromatic N) is 2. The zero-order chi connectivity index (χ0) is 20.4. The molecular formula is C22H23N3O4. The van der Waals surface area contributed by atoms with Gasteiger partial charge in [-0.1, -0.05) is 30.3 Å². The predicted molar refractivity (Wildman–Crippen MR) is 110 cm³/mol. The highest BCUT2D eigenvalue weighted by Crippen LogP contribution is 2.38. The topological polar surface area (TPSA) is 91.2 Å². The van der Waals surface area contributed by atoms with E-state index in [1.807, 2.05) is 30.3 Å². The molecule has 2 heterocycles. The van der Waals surface area contributed by atoms with Crippen LogP contribution in [0.15, 0.2) is 53.5 Å². The second kappa shape index (κ2) is 8.05. The number of rotatable bonds is 4. The summed E-state index contributed by atoms with van der Waals surface area (Å²) in [6.45, 7) is 1.95. The monoisotopic (exact) mass is 393 g/mol. The maximum atomic E-state index is 12.9. The van der Waals surface area contributed by atoms with E-state index in [9.17, 15) is 9.59 Å². The van der Waals surface area contributed by atoms with Gasteiger partial charge < -0.3 is 20.1 Å². The van der Waals surface area contributed by atoms with Gasteiger partial charge in [-0.05, 0) is 62.3 Å². The van der Waals surface area contributed by atoms with Crippen LogP contribution in [0.5, 0.6) is 5.75 Å². The van der Waals surface area contributed by atoms with Gasteiger partial charge in [0.2, 0.25) is 5.91 Å². The third-order valence-electron chi connectivity index (χ3n) is 5.41. The first-order valence-electron chi connectivity index (χ1n) is 9.68. The summed E-state index contributed by atoms with van der Waals surface area (Å²) >= 11 is 0. The van der Waals surface area contributed by atoms with Crippen molar-refractivity contribution in [2.45, 2.75) is 24.8 Å². The van der Waals surface area contributed by atoms with Gasteiger partial charge in [0, 0.05) is 5.69 Å². The lowest BCUT2D eigenvalue weighted by atomic mass is 9.90. The highest BCUT2D eigenvalue weighted by molar-refractivity contribution is 6.23. The number of hydrogen-bond donors (Lipinski definition) is 2. The number of carboxylic acid groups (broad SMARTS) is 1. The number of likely N-dealkylation sites (tertiary alicyclic amines) is 1. The maximum absolute atomic E-state index is 12.9. The van der Waals surface area contributed by atoms with Crippen LogP contribution in [0.2, 0.25) is 0 Å². The molecule has 0 radical (unpaired) electrons. The van der Waals surface area contributed by atoms with E-state index < -0.39 is 12.1 Å². The van der Waals surface area contributed by atoms with Crippen molar-refractivity contribution in [2.24, 2.45) is 4.99 Å². The molecular weight excluding hydrogens is 370 g/mol. The smallest absolute Gasteiger partial charge is 0.449 e. The number of piperidine rings is 1. The number of carbonyl (C=O) groups is 2. The minimum atomic E-state index is -1.39. The van der Waals surface area contributed by atoms with Crippen LogP contribution in [0.4, 0.5) is 10.5 Å². The normalized spacial score (nSPS) is 20.2. The van der Waals surface area contributed by atoms with Crippen molar-refractivity contribution >= 4 is 23.5 Å². The van der Waals surface area contributed by atoms with Gasteiger partial charge in [-0.3, -0.25) is 9.79 Å². The number of benzene rings is 2. The fourth-order valence-electron chi connectivity index (χ4n) is 3.92. The molecule has 0 bridgehead atoms. The van der Waals surface area contributed by atoms with Gasteiger partial charge in [0.25, 0.3) is 0 Å². The highest BCUT2D eigenvalue weighted by atomic mass is 16.7. The number of carbonyl (C=O) groups excluding carboxylic acids is 1. The van der Waals surface area contributed by atoms with Gasteiger partial charge in [-0.15, -0.1) is 0 Å². The summed E-state index contributed by atoms with van der Waals surface area (Å²) in [5.41, 5.74) is 2.95. The van der Waals surface area contributed by atoms with Gasteiger partial charge in [0.1, 0.15) is 11.7 Å². The van der Waals surface area contributed by atoms with Gasteiger partial charge in [-0.2, -0.15) is 0 Å². The molecule has 2 N–H and O–H groups in total. The summed E-state index contributed by atoms with van der Waals surface area (Å²) in [6, 6.07) is 14.7. The quantitative estimate of drug-likeness (QED) is 0.472. The molecule has 7 heteroatoms. The molecule has 0 aliphatic carbocycles. The highest BCUT2D eigenvalue weighted by Gasteiger charge is 2.36. The standard InChI is InChI=1S/C22H23N3O4/c1-25-11-9-15(10-12-25)23-20(14-5-3-2-4-6-14)19-17-13-16(29-22(27)28)7-8-18(17)24-21(19)26/h2-8,13,15,19H,9-12H2,1H3,(H,24,26)(H,27,28). The first-order chi connectivity index (χ1) is 14.0. The lowest BCUT2D eigenvalue weighted by Gasteiger charge is -2.28. The second-order valence-corrected chi connectivity index (χ2v) is 7.45. The van der Waals surface area contributed by atoms with Crippen molar-refractivity contribution in [3.63, 3.8) is 0 Å². The van der Waals surface area contributed by atoms with E-state index in [0.29, 0.717) is 17.0 Å². The predicted octanol–water partition coefficient (Wildman–Crippen LogP) is 3.36. The third kappa shape index (κ3) is 4.14. The average Bonchev–Trinajstić information content (AvgIpc) is 3.03. The van der Waals surface area contributed by atoms with Crippen molar-refractivity contribution in [3.8, 4) is 5.75 Å². The summed E-state index contributed by atoms with van der Waals surface area (Å²) in [5.74, 6) is -0.586. The number of fused-ring (bicyclic) bond motifs is 1. The van der Waals surface area contributed by atoms with E-state index in [-0.39, 0.29) is 17.7 Å². The van der Waals surface area contributed by atoms with Crippen LogP contribution in [0.25, 0.3) is 0 Å². The lowest BCUT2D eigenvalue weighted by molar-refractivity contribution is -0.115. The summed E-state index contributed by atoms with van der Waals surface area (Å²) in [4.78, 5) is 31.2. The Kier molecular flexibility index (Phi) is 5.31. The molecule has 2 aliphatic heterocycles. The summed E-state index contributed by atoms with van der Waals surface area (Å²) in [6.07, 6.45) is 0.494. The number of aliphatic imine (C=N–C) groups is 1. The number of nitrogens with one attached hydrogen (secondary N) is 1. The fourth-order valence-corrected chi connectivity index (χ4v) is 3.92. The molecule has 1 saturated heterocycles. The van der Waals surface area contributed by atoms with Crippen molar-refractivity contribution in [3.05, 3.63) is 59.7 Å². The Morgan fingerprint density at radius 2 is 1.90 bits per heavy atom. The molecule has 0 spiro atoms. The summed E-state index contributed by atoms with van der Waals surface area (Å²) in [7, 11) is 2.10. The van der Waals surface area contributed by atoms with Crippen LogP contribution in [-0.2, 0) is 4.79 Å². The van der Waals surface area contributed by atoms with Crippen LogP contribution < -0.4 is 10.1 Å². The minimum absolute atomic E-state index is 0.150. The number of ether oxygens (including phenoxy) is 1. The van der Waals surface area contributed by atoms with Crippen LogP contribution >= 0.6 is 0 Å². The lowest BCUT2D eigenvalue weighted by Crippen LogP contribution is -2.33. The largest absolute Gasteiger partial charge is 0.511 e. The Bertz CT molecular complexity index is 950. The zero-order valence-electron chi connectivity index (χ0n) is 16.2. The Morgan fingerprint density at radius 3 is 2.59 bits per heavy atom. The minimum Gasteiger partial charge on any atom is -0.449 e.